The van der Waals surface area contributed by atoms with Crippen molar-refractivity contribution < 1.29 is 19.4 Å². The maximum atomic E-state index is 12.5. The van der Waals surface area contributed by atoms with E-state index in [1.807, 2.05) is 30.3 Å². The van der Waals surface area contributed by atoms with E-state index in [1.165, 1.54) is 12.1 Å². The van der Waals surface area contributed by atoms with Crippen molar-refractivity contribution in [1.82, 2.24) is 0 Å². The number of aromatic hydroxyl groups is 2. The van der Waals surface area contributed by atoms with Gasteiger partial charge < -0.3 is 14.6 Å². The highest BCUT2D eigenvalue weighted by Gasteiger charge is 2.31. The van der Waals surface area contributed by atoms with Crippen molar-refractivity contribution in [2.75, 3.05) is 0 Å². The average Bonchev–Trinajstić information content (AvgIpc) is 2.86. The molecule has 0 bridgehead atoms. The van der Waals surface area contributed by atoms with Crippen LogP contribution in [-0.4, -0.2) is 16.0 Å². The minimum absolute atomic E-state index is 0.0129. The third-order valence-electron chi connectivity index (χ3n) is 4.27. The van der Waals surface area contributed by atoms with Gasteiger partial charge >= 0.3 is 0 Å². The minimum Gasteiger partial charge on any atom is -0.504 e. The number of rotatable bonds is 1. The number of carbonyl (C=O) groups excluding carboxylic acids is 1. The highest BCUT2D eigenvalue weighted by Crippen LogP contribution is 2.41. The summed E-state index contributed by atoms with van der Waals surface area (Å²) in [5.41, 5.74) is 2.09. The van der Waals surface area contributed by atoms with Crippen molar-refractivity contribution in [2.24, 2.45) is 0 Å². The Hall–Kier alpha value is -2.75. The number of hydrogen-bond acceptors (Lipinski definition) is 4. The standard InChI is InChI=1S/C18H14O4/c19-13-8-12-16(9-14(13)20)22-17-7-11(6-15(21)18(12)17)10-4-2-1-3-5-10/h1-5,8-9,11,19-20H,6-7H2. The van der Waals surface area contributed by atoms with Crippen LogP contribution in [-0.2, 0) is 6.42 Å². The first-order chi connectivity index (χ1) is 10.6. The van der Waals surface area contributed by atoms with Gasteiger partial charge in [0, 0.05) is 24.3 Å². The maximum absolute atomic E-state index is 12.5. The van der Waals surface area contributed by atoms with Crippen LogP contribution in [0.5, 0.6) is 11.5 Å². The molecule has 4 nitrogen and oxygen atoms in total. The molecule has 0 saturated carbocycles. The summed E-state index contributed by atoms with van der Waals surface area (Å²) >= 11 is 0. The normalized spacial score (nSPS) is 17.6. The summed E-state index contributed by atoms with van der Waals surface area (Å²) < 4.78 is 5.76. The minimum atomic E-state index is -0.245. The summed E-state index contributed by atoms with van der Waals surface area (Å²) in [4.78, 5) is 12.5. The van der Waals surface area contributed by atoms with E-state index in [0.29, 0.717) is 35.1 Å². The molecule has 22 heavy (non-hydrogen) atoms. The van der Waals surface area contributed by atoms with Crippen molar-refractivity contribution in [2.45, 2.75) is 18.8 Å². The molecule has 110 valence electrons. The van der Waals surface area contributed by atoms with Gasteiger partial charge in [-0.15, -0.1) is 0 Å². The maximum Gasteiger partial charge on any atom is 0.167 e. The lowest BCUT2D eigenvalue weighted by Crippen LogP contribution is -2.17. The monoisotopic (exact) mass is 294 g/mol. The second kappa shape index (κ2) is 4.63. The molecule has 1 aromatic heterocycles. The van der Waals surface area contributed by atoms with E-state index in [1.54, 1.807) is 0 Å². The van der Waals surface area contributed by atoms with Crippen LogP contribution in [0.25, 0.3) is 11.0 Å². The van der Waals surface area contributed by atoms with Gasteiger partial charge in [-0.3, -0.25) is 4.79 Å². The molecule has 1 aliphatic rings. The Labute approximate surface area is 126 Å². The number of carbonyl (C=O) groups is 1. The largest absolute Gasteiger partial charge is 0.504 e. The predicted octanol–water partition coefficient (Wildman–Crippen LogP) is 3.76. The zero-order valence-electron chi connectivity index (χ0n) is 11.7. The molecule has 1 heterocycles. The lowest BCUT2D eigenvalue weighted by atomic mass is 9.82. The number of phenols is 2. The van der Waals surface area contributed by atoms with Gasteiger partial charge in [0.2, 0.25) is 0 Å². The Bertz CT molecular complexity index is 877. The Morgan fingerprint density at radius 3 is 2.50 bits per heavy atom. The fraction of sp³-hybridized carbons (Fsp3) is 0.167. The quantitative estimate of drug-likeness (QED) is 0.670. The van der Waals surface area contributed by atoms with Gasteiger partial charge in [-0.25, -0.2) is 0 Å². The van der Waals surface area contributed by atoms with E-state index >= 15 is 0 Å². The van der Waals surface area contributed by atoms with Gasteiger partial charge in [-0.05, 0) is 17.5 Å². The van der Waals surface area contributed by atoms with Crippen LogP contribution in [0.3, 0.4) is 0 Å². The lowest BCUT2D eigenvalue weighted by molar-refractivity contribution is 0.0962. The van der Waals surface area contributed by atoms with Crippen LogP contribution in [0.4, 0.5) is 0 Å². The number of hydrogen-bond donors (Lipinski definition) is 2. The van der Waals surface area contributed by atoms with Crippen LogP contribution in [0.15, 0.2) is 46.9 Å². The fourth-order valence-electron chi connectivity index (χ4n) is 3.20. The van der Waals surface area contributed by atoms with Crippen LogP contribution < -0.4 is 0 Å². The van der Waals surface area contributed by atoms with Crippen molar-refractivity contribution >= 4 is 16.8 Å². The Kier molecular flexibility index (Phi) is 2.73. The summed E-state index contributed by atoms with van der Waals surface area (Å²) in [5, 5.41) is 19.8. The summed E-state index contributed by atoms with van der Waals surface area (Å²) in [6, 6.07) is 12.7. The molecule has 2 aromatic carbocycles. The fourth-order valence-corrected chi connectivity index (χ4v) is 3.20. The van der Waals surface area contributed by atoms with Crippen molar-refractivity contribution in [1.29, 1.82) is 0 Å². The molecule has 3 aromatic rings. The first kappa shape index (κ1) is 13.0. The molecule has 0 spiro atoms. The second-order valence-electron chi connectivity index (χ2n) is 5.68. The van der Waals surface area contributed by atoms with Crippen LogP contribution in [0, 0.1) is 0 Å². The summed E-state index contributed by atoms with van der Waals surface area (Å²) in [7, 11) is 0. The zero-order chi connectivity index (χ0) is 15.3. The summed E-state index contributed by atoms with van der Waals surface area (Å²) in [6.45, 7) is 0. The Morgan fingerprint density at radius 1 is 1.00 bits per heavy atom. The number of phenolic OH excluding ortho intramolecular Hbond substituents is 2. The van der Waals surface area contributed by atoms with E-state index in [4.69, 9.17) is 4.42 Å². The van der Waals surface area contributed by atoms with E-state index < -0.39 is 0 Å². The zero-order valence-corrected chi connectivity index (χ0v) is 11.7. The highest BCUT2D eigenvalue weighted by atomic mass is 16.3. The topological polar surface area (TPSA) is 70.7 Å². The van der Waals surface area contributed by atoms with Gasteiger partial charge in [0.1, 0.15) is 11.3 Å². The molecule has 0 fully saturated rings. The van der Waals surface area contributed by atoms with E-state index in [0.717, 1.165) is 5.56 Å². The molecule has 1 atom stereocenters. The molecule has 4 heteroatoms. The number of furan rings is 1. The van der Waals surface area contributed by atoms with Gasteiger partial charge in [-0.2, -0.15) is 0 Å². The Balaban J connectivity index is 1.83. The third kappa shape index (κ3) is 1.88. The summed E-state index contributed by atoms with van der Waals surface area (Å²) in [5.74, 6) is 0.257. The molecular weight excluding hydrogens is 280 g/mol. The lowest BCUT2D eigenvalue weighted by Gasteiger charge is -2.20. The average molecular weight is 294 g/mol. The first-order valence-corrected chi connectivity index (χ1v) is 7.19. The van der Waals surface area contributed by atoms with Gasteiger partial charge in [0.05, 0.1) is 5.56 Å². The van der Waals surface area contributed by atoms with Crippen molar-refractivity contribution in [3.63, 3.8) is 0 Å². The highest BCUT2D eigenvalue weighted by molar-refractivity contribution is 6.10. The van der Waals surface area contributed by atoms with Crippen LogP contribution in [0.2, 0.25) is 0 Å². The van der Waals surface area contributed by atoms with Gasteiger partial charge in [0.15, 0.2) is 17.3 Å². The van der Waals surface area contributed by atoms with Crippen LogP contribution in [0.1, 0.15) is 34.0 Å². The summed E-state index contributed by atoms with van der Waals surface area (Å²) in [6.07, 6.45) is 1.06. The molecule has 1 aliphatic carbocycles. The third-order valence-corrected chi connectivity index (χ3v) is 4.27. The molecule has 0 radical (unpaired) electrons. The molecular formula is C18H14O4. The van der Waals surface area contributed by atoms with Crippen molar-refractivity contribution in [3.05, 3.63) is 59.4 Å². The predicted molar refractivity (Wildman–Crippen MR) is 81.4 cm³/mol. The van der Waals surface area contributed by atoms with Crippen molar-refractivity contribution in [3.8, 4) is 11.5 Å². The van der Waals surface area contributed by atoms with E-state index in [2.05, 4.69) is 0 Å². The van der Waals surface area contributed by atoms with E-state index in [-0.39, 0.29) is 23.2 Å². The smallest absolute Gasteiger partial charge is 0.167 e. The second-order valence-corrected chi connectivity index (χ2v) is 5.68. The number of fused-ring (bicyclic) bond motifs is 3. The molecule has 0 amide bonds. The molecule has 4 rings (SSSR count). The Morgan fingerprint density at radius 2 is 1.73 bits per heavy atom. The number of benzene rings is 2. The van der Waals surface area contributed by atoms with Gasteiger partial charge in [0.25, 0.3) is 0 Å². The number of ketones is 1. The molecule has 1 unspecified atom stereocenters. The molecule has 2 N–H and O–H groups in total. The first-order valence-electron chi connectivity index (χ1n) is 7.19. The molecule has 0 saturated heterocycles. The number of Topliss-reactive ketones (excluding diaryl/α,β-unsaturated/α-hetero) is 1. The van der Waals surface area contributed by atoms with Crippen LogP contribution >= 0.6 is 0 Å². The SMILES string of the molecule is O=C1CC(c2ccccc2)Cc2oc3cc(O)c(O)cc3c21. The van der Waals surface area contributed by atoms with E-state index in [9.17, 15) is 15.0 Å². The van der Waals surface area contributed by atoms with Gasteiger partial charge in [-0.1, -0.05) is 30.3 Å². The molecule has 0 aliphatic heterocycles.